The molecule has 0 aromatic carbocycles. The molecule has 1 fully saturated rings. The fourth-order valence-corrected chi connectivity index (χ4v) is 1.47. The molecule has 7 heteroatoms. The molecule has 1 atom stereocenters. The number of carbonyl (C=O) groups excluding carboxylic acids is 1. The molecule has 1 rings (SSSR count). The summed E-state index contributed by atoms with van der Waals surface area (Å²) in [7, 11) is 0. The average Bonchev–Trinajstić information content (AvgIpc) is 2.73. The van der Waals surface area contributed by atoms with Gasteiger partial charge in [-0.2, -0.15) is 13.2 Å². The van der Waals surface area contributed by atoms with Crippen molar-refractivity contribution in [2.45, 2.75) is 31.5 Å². The minimum atomic E-state index is -4.34. The number of alkyl halides is 3. The fourth-order valence-electron chi connectivity index (χ4n) is 1.47. The van der Waals surface area contributed by atoms with Gasteiger partial charge < -0.3 is 14.8 Å². The number of rotatable bonds is 6. The number of hydrogen-bond donors (Lipinski definition) is 1. The molecule has 1 aliphatic heterocycles. The minimum absolute atomic E-state index is 0.0371. The van der Waals surface area contributed by atoms with E-state index < -0.39 is 12.8 Å². The summed E-state index contributed by atoms with van der Waals surface area (Å²) in [6, 6.07) is 0. The minimum Gasteiger partial charge on any atom is -0.376 e. The van der Waals surface area contributed by atoms with Crippen LogP contribution in [0, 0.1) is 0 Å². The second kappa shape index (κ2) is 6.80. The molecular weight excluding hydrogens is 239 g/mol. The van der Waals surface area contributed by atoms with E-state index >= 15 is 0 Å². The third-order valence-electron chi connectivity index (χ3n) is 2.29. The predicted octanol–water partition coefficient (Wildman–Crippen LogP) is 1.25. The molecule has 0 aromatic rings. The van der Waals surface area contributed by atoms with E-state index in [9.17, 15) is 18.0 Å². The third kappa shape index (κ3) is 7.17. The van der Waals surface area contributed by atoms with E-state index in [2.05, 4.69) is 10.1 Å². The van der Waals surface area contributed by atoms with Gasteiger partial charge in [-0.3, -0.25) is 4.79 Å². The highest BCUT2D eigenvalue weighted by Gasteiger charge is 2.27. The van der Waals surface area contributed by atoms with Crippen LogP contribution in [0.25, 0.3) is 0 Å². The van der Waals surface area contributed by atoms with Crippen LogP contribution in [0.15, 0.2) is 0 Å². The predicted molar refractivity (Wildman–Crippen MR) is 53.5 cm³/mol. The molecule has 0 spiro atoms. The molecule has 1 heterocycles. The van der Waals surface area contributed by atoms with E-state index in [1.54, 1.807) is 0 Å². The van der Waals surface area contributed by atoms with Crippen LogP contribution < -0.4 is 5.32 Å². The molecule has 4 nitrogen and oxygen atoms in total. The van der Waals surface area contributed by atoms with Gasteiger partial charge in [-0.1, -0.05) is 0 Å². The summed E-state index contributed by atoms with van der Waals surface area (Å²) in [5, 5.41) is 2.60. The van der Waals surface area contributed by atoms with Crippen molar-refractivity contribution in [1.29, 1.82) is 0 Å². The first-order valence-electron chi connectivity index (χ1n) is 5.50. The Bertz CT molecular complexity index is 239. The van der Waals surface area contributed by atoms with E-state index in [-0.39, 0.29) is 25.0 Å². The molecule has 0 saturated carbocycles. The molecule has 100 valence electrons. The zero-order chi connectivity index (χ0) is 12.7. The Morgan fingerprint density at radius 1 is 1.47 bits per heavy atom. The summed E-state index contributed by atoms with van der Waals surface area (Å²) in [5.41, 5.74) is 0. The third-order valence-corrected chi connectivity index (χ3v) is 2.29. The maximum atomic E-state index is 11.7. The number of amides is 1. The number of hydrogen-bond acceptors (Lipinski definition) is 3. The lowest BCUT2D eigenvalue weighted by atomic mass is 10.2. The van der Waals surface area contributed by atoms with Crippen LogP contribution >= 0.6 is 0 Å². The lowest BCUT2D eigenvalue weighted by Gasteiger charge is -2.11. The summed E-state index contributed by atoms with van der Waals surface area (Å²) >= 11 is 0. The van der Waals surface area contributed by atoms with Crippen molar-refractivity contribution >= 4 is 5.91 Å². The second-order valence-electron chi connectivity index (χ2n) is 3.86. The van der Waals surface area contributed by atoms with Crippen molar-refractivity contribution in [3.8, 4) is 0 Å². The SMILES string of the molecule is O=C(CCOCC(F)(F)F)NCC1CCCO1. The second-order valence-corrected chi connectivity index (χ2v) is 3.86. The molecule has 1 saturated heterocycles. The molecule has 1 unspecified atom stereocenters. The molecule has 17 heavy (non-hydrogen) atoms. The van der Waals surface area contributed by atoms with E-state index in [1.807, 2.05) is 0 Å². The molecular formula is C10H16F3NO3. The number of nitrogens with one attached hydrogen (secondary N) is 1. The molecule has 0 bridgehead atoms. The summed E-state index contributed by atoms with van der Waals surface area (Å²) in [4.78, 5) is 11.2. The Labute approximate surface area is 97.5 Å². The summed E-state index contributed by atoms with van der Waals surface area (Å²) in [6.45, 7) is -0.420. The number of carbonyl (C=O) groups is 1. The highest BCUT2D eigenvalue weighted by Crippen LogP contribution is 2.14. The molecule has 0 aliphatic carbocycles. The summed E-state index contributed by atoms with van der Waals surface area (Å²) in [5.74, 6) is -0.317. The Balaban J connectivity index is 1.97. The van der Waals surface area contributed by atoms with Crippen LogP contribution in [0.3, 0.4) is 0 Å². The first-order chi connectivity index (χ1) is 7.97. The van der Waals surface area contributed by atoms with Crippen LogP contribution in [0.2, 0.25) is 0 Å². The molecule has 1 N–H and O–H groups in total. The zero-order valence-electron chi connectivity index (χ0n) is 9.39. The number of halogens is 3. The quantitative estimate of drug-likeness (QED) is 0.727. The lowest BCUT2D eigenvalue weighted by Crippen LogP contribution is -2.32. The summed E-state index contributed by atoms with van der Waals surface area (Å²) < 4.78 is 44.7. The van der Waals surface area contributed by atoms with E-state index in [0.717, 1.165) is 12.8 Å². The molecule has 0 aromatic heterocycles. The summed E-state index contributed by atoms with van der Waals surface area (Å²) in [6.07, 6.45) is -2.48. The van der Waals surface area contributed by atoms with Gasteiger partial charge in [0.15, 0.2) is 0 Å². The van der Waals surface area contributed by atoms with Crippen LogP contribution in [0.5, 0.6) is 0 Å². The van der Waals surface area contributed by atoms with Crippen molar-refractivity contribution in [3.05, 3.63) is 0 Å². The monoisotopic (exact) mass is 255 g/mol. The Hall–Kier alpha value is -0.820. The smallest absolute Gasteiger partial charge is 0.376 e. The molecule has 0 radical (unpaired) electrons. The van der Waals surface area contributed by atoms with E-state index in [1.165, 1.54) is 0 Å². The zero-order valence-corrected chi connectivity index (χ0v) is 9.39. The molecule has 1 amide bonds. The van der Waals surface area contributed by atoms with Crippen LogP contribution in [-0.4, -0.2) is 44.6 Å². The van der Waals surface area contributed by atoms with E-state index in [0.29, 0.717) is 13.2 Å². The largest absolute Gasteiger partial charge is 0.411 e. The average molecular weight is 255 g/mol. The van der Waals surface area contributed by atoms with Gasteiger partial charge in [0.05, 0.1) is 12.7 Å². The van der Waals surface area contributed by atoms with Crippen LogP contribution in [-0.2, 0) is 14.3 Å². The number of ether oxygens (including phenoxy) is 2. The van der Waals surface area contributed by atoms with Crippen molar-refractivity contribution in [3.63, 3.8) is 0 Å². The highest BCUT2D eigenvalue weighted by molar-refractivity contribution is 5.75. The first kappa shape index (κ1) is 14.2. The van der Waals surface area contributed by atoms with E-state index in [4.69, 9.17) is 4.74 Å². The van der Waals surface area contributed by atoms with Gasteiger partial charge in [-0.05, 0) is 12.8 Å². The van der Waals surface area contributed by atoms with Gasteiger partial charge >= 0.3 is 6.18 Å². The van der Waals surface area contributed by atoms with Gasteiger partial charge in [0.2, 0.25) is 5.91 Å². The topological polar surface area (TPSA) is 47.6 Å². The maximum absolute atomic E-state index is 11.7. The van der Waals surface area contributed by atoms with Gasteiger partial charge in [0, 0.05) is 19.6 Å². The van der Waals surface area contributed by atoms with Gasteiger partial charge in [0.1, 0.15) is 6.61 Å². The van der Waals surface area contributed by atoms with Gasteiger partial charge in [0.25, 0.3) is 0 Å². The van der Waals surface area contributed by atoms with Crippen molar-refractivity contribution in [2.24, 2.45) is 0 Å². The Morgan fingerprint density at radius 3 is 2.82 bits per heavy atom. The first-order valence-corrected chi connectivity index (χ1v) is 5.50. The van der Waals surface area contributed by atoms with Crippen LogP contribution in [0.4, 0.5) is 13.2 Å². The maximum Gasteiger partial charge on any atom is 0.411 e. The highest BCUT2D eigenvalue weighted by atomic mass is 19.4. The van der Waals surface area contributed by atoms with Crippen molar-refractivity contribution in [1.82, 2.24) is 5.32 Å². The normalized spacial score (nSPS) is 20.5. The lowest BCUT2D eigenvalue weighted by molar-refractivity contribution is -0.174. The Morgan fingerprint density at radius 2 is 2.24 bits per heavy atom. The van der Waals surface area contributed by atoms with Crippen LogP contribution in [0.1, 0.15) is 19.3 Å². The Kier molecular flexibility index (Phi) is 5.70. The van der Waals surface area contributed by atoms with Crippen molar-refractivity contribution < 1.29 is 27.4 Å². The standard InChI is InChI=1S/C10H16F3NO3/c11-10(12,13)7-16-5-3-9(15)14-6-8-2-1-4-17-8/h8H,1-7H2,(H,14,15). The van der Waals surface area contributed by atoms with Gasteiger partial charge in [-0.15, -0.1) is 0 Å². The van der Waals surface area contributed by atoms with Crippen molar-refractivity contribution in [2.75, 3.05) is 26.4 Å². The van der Waals surface area contributed by atoms with Gasteiger partial charge in [-0.25, -0.2) is 0 Å². The fraction of sp³-hybridized carbons (Fsp3) is 0.900. The molecule has 1 aliphatic rings.